The molecule has 0 fully saturated rings. The van der Waals surface area contributed by atoms with Crippen molar-refractivity contribution in [1.29, 1.82) is 0 Å². The van der Waals surface area contributed by atoms with Gasteiger partial charge < -0.3 is 14.8 Å². The van der Waals surface area contributed by atoms with E-state index < -0.39 is 0 Å². The Morgan fingerprint density at radius 1 is 0.966 bits per heavy atom. The summed E-state index contributed by atoms with van der Waals surface area (Å²) in [6.45, 7) is 6.91. The van der Waals surface area contributed by atoms with Gasteiger partial charge >= 0.3 is 0 Å². The predicted molar refractivity (Wildman–Crippen MR) is 118 cm³/mol. The summed E-state index contributed by atoms with van der Waals surface area (Å²) in [5.74, 6) is 1.55. The molecule has 0 saturated carbocycles. The Hall–Kier alpha value is -2.53. The van der Waals surface area contributed by atoms with E-state index >= 15 is 0 Å². The van der Waals surface area contributed by atoms with Gasteiger partial charge in [-0.2, -0.15) is 0 Å². The number of likely N-dealkylation sites (N-methyl/N-ethyl adjacent to an activating group) is 1. The van der Waals surface area contributed by atoms with Crippen LogP contribution in [0, 0.1) is 0 Å². The number of carbonyl (C=O) groups is 1. The summed E-state index contributed by atoms with van der Waals surface area (Å²) in [5, 5.41) is 3.14. The Balaban J connectivity index is 1.92. The molecule has 0 bridgehead atoms. The largest absolute Gasteiger partial charge is 0.497 e. The standard InChI is InChI=1S/C24H34N2O3/c1-5-26(6-2)21(14-19-10-8-7-9-11-19)18-25-24(27)13-12-20-15-22(28-3)17-23(16-20)29-4/h7-11,15-17,21H,5-6,12-14,18H2,1-4H3,(H,25,27). The number of amides is 1. The van der Waals surface area contributed by atoms with E-state index in [0.717, 1.165) is 36.6 Å². The number of nitrogens with one attached hydrogen (secondary N) is 1. The average molecular weight is 399 g/mol. The molecule has 0 aliphatic heterocycles. The van der Waals surface area contributed by atoms with Crippen LogP contribution in [-0.4, -0.2) is 50.7 Å². The van der Waals surface area contributed by atoms with Crippen molar-refractivity contribution in [2.24, 2.45) is 0 Å². The summed E-state index contributed by atoms with van der Waals surface area (Å²) >= 11 is 0. The van der Waals surface area contributed by atoms with Crippen LogP contribution in [0.5, 0.6) is 11.5 Å². The van der Waals surface area contributed by atoms with Gasteiger partial charge in [0.25, 0.3) is 0 Å². The van der Waals surface area contributed by atoms with Crippen LogP contribution in [0.15, 0.2) is 48.5 Å². The fraction of sp³-hybridized carbons (Fsp3) is 0.458. The zero-order valence-electron chi connectivity index (χ0n) is 18.1. The molecule has 0 aromatic heterocycles. The fourth-order valence-corrected chi connectivity index (χ4v) is 3.55. The number of hydrogen-bond donors (Lipinski definition) is 1. The molecule has 2 aromatic carbocycles. The highest BCUT2D eigenvalue weighted by Crippen LogP contribution is 2.23. The quantitative estimate of drug-likeness (QED) is 0.592. The summed E-state index contributed by atoms with van der Waals surface area (Å²) in [6.07, 6.45) is 2.01. The first-order chi connectivity index (χ1) is 14.1. The van der Waals surface area contributed by atoms with Crippen molar-refractivity contribution in [3.8, 4) is 11.5 Å². The molecular formula is C24H34N2O3. The Kier molecular flexibility index (Phi) is 9.51. The predicted octanol–water partition coefficient (Wildman–Crippen LogP) is 3.71. The van der Waals surface area contributed by atoms with Crippen LogP contribution in [0.4, 0.5) is 0 Å². The second kappa shape index (κ2) is 12.1. The smallest absolute Gasteiger partial charge is 0.220 e. The fourth-order valence-electron chi connectivity index (χ4n) is 3.55. The molecule has 5 heteroatoms. The second-order valence-corrected chi connectivity index (χ2v) is 7.09. The molecule has 1 atom stereocenters. The highest BCUT2D eigenvalue weighted by Gasteiger charge is 2.17. The van der Waals surface area contributed by atoms with Crippen LogP contribution < -0.4 is 14.8 Å². The number of nitrogens with zero attached hydrogens (tertiary/aromatic N) is 1. The molecule has 29 heavy (non-hydrogen) atoms. The van der Waals surface area contributed by atoms with Gasteiger partial charge in [0.2, 0.25) is 5.91 Å². The molecular weight excluding hydrogens is 364 g/mol. The molecule has 2 rings (SSSR count). The number of benzene rings is 2. The Bertz CT molecular complexity index is 723. The summed E-state index contributed by atoms with van der Waals surface area (Å²) in [5.41, 5.74) is 2.32. The van der Waals surface area contributed by atoms with Crippen molar-refractivity contribution in [2.75, 3.05) is 33.9 Å². The van der Waals surface area contributed by atoms with Crippen LogP contribution in [-0.2, 0) is 17.6 Å². The number of rotatable bonds is 12. The Morgan fingerprint density at radius 3 is 2.14 bits per heavy atom. The number of aryl methyl sites for hydroxylation is 1. The average Bonchev–Trinajstić information content (AvgIpc) is 2.77. The first-order valence-corrected chi connectivity index (χ1v) is 10.4. The number of hydrogen-bond acceptors (Lipinski definition) is 4. The Morgan fingerprint density at radius 2 is 1.59 bits per heavy atom. The second-order valence-electron chi connectivity index (χ2n) is 7.09. The van der Waals surface area contributed by atoms with E-state index in [9.17, 15) is 4.79 Å². The van der Waals surface area contributed by atoms with Gasteiger partial charge in [-0.1, -0.05) is 44.2 Å². The molecule has 0 aliphatic rings. The minimum atomic E-state index is 0.0667. The molecule has 1 unspecified atom stereocenters. The minimum Gasteiger partial charge on any atom is -0.497 e. The summed E-state index contributed by atoms with van der Waals surface area (Å²) in [6, 6.07) is 16.5. The monoisotopic (exact) mass is 398 g/mol. The molecule has 0 heterocycles. The Labute approximate surface area is 175 Å². The highest BCUT2D eigenvalue weighted by molar-refractivity contribution is 5.76. The van der Waals surface area contributed by atoms with Gasteiger partial charge in [-0.05, 0) is 49.2 Å². The summed E-state index contributed by atoms with van der Waals surface area (Å²) in [4.78, 5) is 14.9. The lowest BCUT2D eigenvalue weighted by Crippen LogP contribution is -2.45. The lowest BCUT2D eigenvalue weighted by Gasteiger charge is -2.30. The first-order valence-electron chi connectivity index (χ1n) is 10.4. The summed E-state index contributed by atoms with van der Waals surface area (Å²) < 4.78 is 10.6. The van der Waals surface area contributed by atoms with E-state index in [4.69, 9.17) is 9.47 Å². The van der Waals surface area contributed by atoms with Crippen LogP contribution in [0.3, 0.4) is 0 Å². The van der Waals surface area contributed by atoms with Crippen molar-refractivity contribution in [3.05, 3.63) is 59.7 Å². The van der Waals surface area contributed by atoms with E-state index in [-0.39, 0.29) is 11.9 Å². The van der Waals surface area contributed by atoms with Crippen LogP contribution in [0.25, 0.3) is 0 Å². The van der Waals surface area contributed by atoms with Crippen molar-refractivity contribution in [3.63, 3.8) is 0 Å². The molecule has 0 radical (unpaired) electrons. The van der Waals surface area contributed by atoms with E-state index in [2.05, 4.69) is 48.3 Å². The SMILES string of the molecule is CCN(CC)C(CNC(=O)CCc1cc(OC)cc(OC)c1)Cc1ccccc1. The highest BCUT2D eigenvalue weighted by atomic mass is 16.5. The molecule has 1 N–H and O–H groups in total. The molecule has 5 nitrogen and oxygen atoms in total. The van der Waals surface area contributed by atoms with Gasteiger partial charge in [-0.25, -0.2) is 0 Å². The molecule has 0 aliphatic carbocycles. The minimum absolute atomic E-state index is 0.0667. The van der Waals surface area contributed by atoms with Crippen molar-refractivity contribution < 1.29 is 14.3 Å². The molecule has 0 spiro atoms. The van der Waals surface area contributed by atoms with Gasteiger partial charge in [-0.3, -0.25) is 9.69 Å². The van der Waals surface area contributed by atoms with Crippen molar-refractivity contribution in [1.82, 2.24) is 10.2 Å². The van der Waals surface area contributed by atoms with Gasteiger partial charge in [0.1, 0.15) is 11.5 Å². The van der Waals surface area contributed by atoms with E-state index in [0.29, 0.717) is 19.4 Å². The first kappa shape index (κ1) is 22.8. The molecule has 158 valence electrons. The van der Waals surface area contributed by atoms with Crippen molar-refractivity contribution in [2.45, 2.75) is 39.2 Å². The number of carbonyl (C=O) groups excluding carboxylic acids is 1. The zero-order chi connectivity index (χ0) is 21.1. The van der Waals surface area contributed by atoms with Crippen LogP contribution >= 0.6 is 0 Å². The summed E-state index contributed by atoms with van der Waals surface area (Å²) in [7, 11) is 3.26. The maximum absolute atomic E-state index is 12.5. The van der Waals surface area contributed by atoms with Gasteiger partial charge in [0, 0.05) is 25.1 Å². The van der Waals surface area contributed by atoms with E-state index in [1.54, 1.807) is 14.2 Å². The maximum atomic E-state index is 12.5. The molecule has 2 aromatic rings. The number of ether oxygens (including phenoxy) is 2. The van der Waals surface area contributed by atoms with Crippen molar-refractivity contribution >= 4 is 5.91 Å². The van der Waals surface area contributed by atoms with E-state index in [1.807, 2.05) is 24.3 Å². The topological polar surface area (TPSA) is 50.8 Å². The lowest BCUT2D eigenvalue weighted by atomic mass is 10.0. The molecule has 1 amide bonds. The molecule has 0 saturated heterocycles. The van der Waals surface area contributed by atoms with E-state index in [1.165, 1.54) is 5.56 Å². The third-order valence-electron chi connectivity index (χ3n) is 5.23. The van der Waals surface area contributed by atoms with Gasteiger partial charge in [-0.15, -0.1) is 0 Å². The van der Waals surface area contributed by atoms with Crippen LogP contribution in [0.1, 0.15) is 31.4 Å². The number of methoxy groups -OCH3 is 2. The third-order valence-corrected chi connectivity index (χ3v) is 5.23. The van der Waals surface area contributed by atoms with Crippen LogP contribution in [0.2, 0.25) is 0 Å². The maximum Gasteiger partial charge on any atom is 0.220 e. The lowest BCUT2D eigenvalue weighted by molar-refractivity contribution is -0.121. The zero-order valence-corrected chi connectivity index (χ0v) is 18.1. The normalized spacial score (nSPS) is 11.9. The van der Waals surface area contributed by atoms with Gasteiger partial charge in [0.05, 0.1) is 14.2 Å². The van der Waals surface area contributed by atoms with Gasteiger partial charge in [0.15, 0.2) is 0 Å². The third kappa shape index (κ3) is 7.42.